The number of anilines is 1. The van der Waals surface area contributed by atoms with Gasteiger partial charge in [0.05, 0.1) is 11.1 Å². The van der Waals surface area contributed by atoms with Gasteiger partial charge in [-0.15, -0.1) is 11.3 Å². The molecule has 1 aromatic heterocycles. The number of amides is 3. The van der Waals surface area contributed by atoms with Crippen molar-refractivity contribution >= 4 is 40.0 Å². The topological polar surface area (TPSA) is 92.8 Å². The van der Waals surface area contributed by atoms with Crippen LogP contribution >= 0.6 is 11.3 Å². The van der Waals surface area contributed by atoms with Gasteiger partial charge >= 0.3 is 5.97 Å². The number of imide groups is 1. The van der Waals surface area contributed by atoms with Gasteiger partial charge in [-0.05, 0) is 49.8 Å². The predicted molar refractivity (Wildman–Crippen MR) is 111 cm³/mol. The number of rotatable bonds is 6. The zero-order chi connectivity index (χ0) is 21.4. The first kappa shape index (κ1) is 20.3. The first-order chi connectivity index (χ1) is 14.5. The number of carbonyl (C=O) groups is 4. The van der Waals surface area contributed by atoms with Crippen molar-refractivity contribution in [3.63, 3.8) is 0 Å². The quantitative estimate of drug-likeness (QED) is 0.706. The Morgan fingerprint density at radius 1 is 1.10 bits per heavy atom. The fourth-order valence-corrected chi connectivity index (χ4v) is 5.24. The highest BCUT2D eigenvalue weighted by atomic mass is 32.1. The summed E-state index contributed by atoms with van der Waals surface area (Å²) in [6.45, 7) is 3.89. The molecular weight excluding hydrogens is 404 g/mol. The minimum Gasteiger partial charge on any atom is -0.324 e. The second-order valence-electron chi connectivity index (χ2n) is 7.39. The molecule has 0 fully saturated rings. The molecule has 3 amide bonds. The number of hydrogen-bond acceptors (Lipinski definition) is 6. The van der Waals surface area contributed by atoms with Crippen molar-refractivity contribution in [1.82, 2.24) is 5.06 Å². The molecule has 4 rings (SSSR count). The first-order valence-corrected chi connectivity index (χ1v) is 10.9. The summed E-state index contributed by atoms with van der Waals surface area (Å²) in [5.41, 5.74) is 1.49. The molecule has 0 saturated carbocycles. The van der Waals surface area contributed by atoms with E-state index >= 15 is 0 Å². The van der Waals surface area contributed by atoms with Gasteiger partial charge in [-0.25, -0.2) is 4.79 Å². The number of fused-ring (bicyclic) bond motifs is 2. The summed E-state index contributed by atoms with van der Waals surface area (Å²) in [4.78, 5) is 57.0. The smallest absolute Gasteiger partial charge is 0.324 e. The van der Waals surface area contributed by atoms with Crippen LogP contribution in [0.25, 0.3) is 0 Å². The second kappa shape index (κ2) is 8.02. The zero-order valence-electron chi connectivity index (χ0n) is 16.8. The van der Waals surface area contributed by atoms with E-state index in [-0.39, 0.29) is 28.5 Å². The fourth-order valence-electron chi connectivity index (χ4n) is 3.96. The molecule has 0 radical (unpaired) electrons. The van der Waals surface area contributed by atoms with Crippen LogP contribution in [0.5, 0.6) is 0 Å². The van der Waals surface area contributed by atoms with Gasteiger partial charge in [-0.1, -0.05) is 31.0 Å². The van der Waals surface area contributed by atoms with E-state index in [2.05, 4.69) is 5.32 Å². The van der Waals surface area contributed by atoms with Crippen LogP contribution < -0.4 is 5.32 Å². The number of nitrogens with zero attached hydrogens (tertiary/aromatic N) is 1. The molecule has 0 bridgehead atoms. The third kappa shape index (κ3) is 3.31. The lowest BCUT2D eigenvalue weighted by atomic mass is 10.0. The SMILES string of the molecule is CCC(CC)C(=O)Nc1sc2c(c1C(=O)ON1C(=O)c3ccccc3C1=O)CCC2. The molecule has 0 saturated heterocycles. The van der Waals surface area contributed by atoms with Crippen molar-refractivity contribution in [2.75, 3.05) is 5.32 Å². The van der Waals surface area contributed by atoms with Crippen LogP contribution in [0.15, 0.2) is 24.3 Å². The van der Waals surface area contributed by atoms with Crippen molar-refractivity contribution < 1.29 is 24.0 Å². The number of hydroxylamine groups is 2. The molecule has 1 aromatic carbocycles. The predicted octanol–water partition coefficient (Wildman–Crippen LogP) is 3.98. The van der Waals surface area contributed by atoms with E-state index in [1.165, 1.54) is 23.5 Å². The van der Waals surface area contributed by atoms with E-state index in [4.69, 9.17) is 4.84 Å². The van der Waals surface area contributed by atoms with Crippen molar-refractivity contribution in [2.45, 2.75) is 46.0 Å². The van der Waals surface area contributed by atoms with Crippen LogP contribution in [0.4, 0.5) is 5.00 Å². The number of thiophene rings is 1. The first-order valence-electron chi connectivity index (χ1n) is 10.1. The summed E-state index contributed by atoms with van der Waals surface area (Å²) in [6, 6.07) is 6.33. The Hall–Kier alpha value is -3.00. The molecule has 1 aliphatic heterocycles. The van der Waals surface area contributed by atoms with Crippen molar-refractivity contribution in [3.8, 4) is 0 Å². The minimum absolute atomic E-state index is 0.144. The van der Waals surface area contributed by atoms with Gasteiger partial charge in [0.1, 0.15) is 10.6 Å². The maximum atomic E-state index is 13.1. The van der Waals surface area contributed by atoms with Crippen LogP contribution in [-0.4, -0.2) is 28.8 Å². The van der Waals surface area contributed by atoms with Crippen LogP contribution in [0, 0.1) is 5.92 Å². The van der Waals surface area contributed by atoms with Crippen molar-refractivity contribution in [3.05, 3.63) is 51.4 Å². The molecule has 2 heterocycles. The van der Waals surface area contributed by atoms with E-state index in [1.807, 2.05) is 13.8 Å². The van der Waals surface area contributed by atoms with Gasteiger partial charge in [0.25, 0.3) is 11.8 Å². The van der Waals surface area contributed by atoms with E-state index in [9.17, 15) is 19.2 Å². The molecule has 0 spiro atoms. The molecule has 1 N–H and O–H groups in total. The molecule has 0 atom stereocenters. The number of aryl methyl sites for hydroxylation is 1. The molecule has 2 aromatic rings. The maximum absolute atomic E-state index is 13.1. The largest absolute Gasteiger partial charge is 0.367 e. The monoisotopic (exact) mass is 426 g/mol. The van der Waals surface area contributed by atoms with Gasteiger partial charge in [-0.3, -0.25) is 14.4 Å². The Labute approximate surface area is 178 Å². The van der Waals surface area contributed by atoms with E-state index in [1.54, 1.807) is 12.1 Å². The molecule has 156 valence electrons. The summed E-state index contributed by atoms with van der Waals surface area (Å²) in [6.07, 6.45) is 3.83. The molecule has 1 aliphatic carbocycles. The highest BCUT2D eigenvalue weighted by Gasteiger charge is 2.40. The summed E-state index contributed by atoms with van der Waals surface area (Å²) in [7, 11) is 0. The zero-order valence-corrected chi connectivity index (χ0v) is 17.6. The Morgan fingerprint density at radius 2 is 1.73 bits per heavy atom. The lowest BCUT2D eigenvalue weighted by molar-refractivity contribution is -0.120. The minimum atomic E-state index is -0.802. The van der Waals surface area contributed by atoms with Crippen LogP contribution in [-0.2, 0) is 22.5 Å². The number of carbonyl (C=O) groups excluding carboxylic acids is 4. The van der Waals surface area contributed by atoms with Crippen molar-refractivity contribution in [2.24, 2.45) is 5.92 Å². The number of hydrogen-bond donors (Lipinski definition) is 1. The van der Waals surface area contributed by atoms with E-state index in [0.717, 1.165) is 23.3 Å². The average Bonchev–Trinajstić information content (AvgIpc) is 3.38. The summed E-state index contributed by atoms with van der Waals surface area (Å²) in [5, 5.41) is 3.82. The molecule has 2 aliphatic rings. The van der Waals surface area contributed by atoms with Crippen molar-refractivity contribution in [1.29, 1.82) is 0 Å². The van der Waals surface area contributed by atoms with Gasteiger partial charge in [-0.2, -0.15) is 0 Å². The average molecular weight is 426 g/mol. The normalized spacial score (nSPS) is 14.8. The van der Waals surface area contributed by atoms with E-state index < -0.39 is 17.8 Å². The molecule has 30 heavy (non-hydrogen) atoms. The summed E-state index contributed by atoms with van der Waals surface area (Å²) >= 11 is 1.37. The van der Waals surface area contributed by atoms with E-state index in [0.29, 0.717) is 29.3 Å². The number of nitrogens with one attached hydrogen (secondary N) is 1. The van der Waals surface area contributed by atoms with Gasteiger partial charge in [0, 0.05) is 10.8 Å². The van der Waals surface area contributed by atoms with Crippen LogP contribution in [0.2, 0.25) is 0 Å². The Balaban J connectivity index is 1.61. The lowest BCUT2D eigenvalue weighted by Crippen LogP contribution is -2.33. The number of benzene rings is 1. The van der Waals surface area contributed by atoms with Crippen LogP contribution in [0.3, 0.4) is 0 Å². The lowest BCUT2D eigenvalue weighted by Gasteiger charge is -2.15. The summed E-state index contributed by atoms with van der Waals surface area (Å²) < 4.78 is 0. The molecular formula is C22H22N2O5S. The van der Waals surface area contributed by atoms with Crippen LogP contribution in [0.1, 0.15) is 74.6 Å². The Bertz CT molecular complexity index is 1020. The van der Waals surface area contributed by atoms with Gasteiger partial charge < -0.3 is 10.2 Å². The molecule has 0 unspecified atom stereocenters. The fraction of sp³-hybridized carbons (Fsp3) is 0.364. The maximum Gasteiger partial charge on any atom is 0.367 e. The molecule has 7 nitrogen and oxygen atoms in total. The third-order valence-electron chi connectivity index (χ3n) is 5.65. The Morgan fingerprint density at radius 3 is 2.33 bits per heavy atom. The van der Waals surface area contributed by atoms with Gasteiger partial charge in [0.2, 0.25) is 5.91 Å². The third-order valence-corrected chi connectivity index (χ3v) is 6.86. The molecule has 8 heteroatoms. The Kier molecular flexibility index (Phi) is 5.42. The highest BCUT2D eigenvalue weighted by Crippen LogP contribution is 2.40. The standard InChI is InChI=1S/C22H22N2O5S/c1-3-12(4-2)18(25)23-19-17(15-10-7-11-16(15)30-19)22(28)29-24-20(26)13-8-5-6-9-14(13)21(24)27/h5-6,8-9,12H,3-4,7,10-11H2,1-2H3,(H,23,25). The van der Waals surface area contributed by atoms with Gasteiger partial charge in [0.15, 0.2) is 0 Å². The second-order valence-corrected chi connectivity index (χ2v) is 8.50. The summed E-state index contributed by atoms with van der Waals surface area (Å²) in [5.74, 6) is -2.43. The highest BCUT2D eigenvalue weighted by molar-refractivity contribution is 7.17.